The third-order valence-corrected chi connectivity index (χ3v) is 2.15. The number of unbranched alkanes of at least 4 members (excludes halogenated alkanes) is 1. The fraction of sp³-hybridized carbons (Fsp3) is 0.417. The Bertz CT molecular complexity index is 363. The summed E-state index contributed by atoms with van der Waals surface area (Å²) in [5, 5.41) is 0. The molecule has 0 bridgehead atoms. The maximum atomic E-state index is 11.4. The molecule has 1 aromatic rings. The minimum absolute atomic E-state index is 0.245. The molecule has 0 amide bonds. The first-order chi connectivity index (χ1) is 7.67. The van der Waals surface area contributed by atoms with E-state index >= 15 is 0 Å². The zero-order chi connectivity index (χ0) is 12.0. The summed E-state index contributed by atoms with van der Waals surface area (Å²) >= 11 is 0. The van der Waals surface area contributed by atoms with Gasteiger partial charge in [0.1, 0.15) is 0 Å². The summed E-state index contributed by atoms with van der Waals surface area (Å²) in [5.74, 6) is 0.646. The van der Waals surface area contributed by atoms with E-state index in [-0.39, 0.29) is 5.97 Å². The van der Waals surface area contributed by atoms with Gasteiger partial charge in [-0.2, -0.15) is 0 Å². The van der Waals surface area contributed by atoms with Crippen molar-refractivity contribution in [2.75, 3.05) is 12.8 Å². The Morgan fingerprint density at radius 2 is 2.12 bits per heavy atom. The number of methoxy groups -OCH3 is 1. The van der Waals surface area contributed by atoms with Gasteiger partial charge in [0.15, 0.2) is 11.5 Å². The van der Waals surface area contributed by atoms with Gasteiger partial charge in [-0.1, -0.05) is 13.3 Å². The number of nitrogens with two attached hydrogens (primary N) is 1. The van der Waals surface area contributed by atoms with Crippen LogP contribution in [0.1, 0.15) is 26.2 Å². The van der Waals surface area contributed by atoms with E-state index in [1.54, 1.807) is 18.2 Å². The molecule has 0 atom stereocenters. The van der Waals surface area contributed by atoms with E-state index in [4.69, 9.17) is 15.2 Å². The maximum absolute atomic E-state index is 11.4. The highest BCUT2D eigenvalue weighted by Gasteiger charge is 2.09. The van der Waals surface area contributed by atoms with E-state index in [1.165, 1.54) is 7.11 Å². The van der Waals surface area contributed by atoms with Crippen LogP contribution in [0, 0.1) is 0 Å². The Hall–Kier alpha value is -1.71. The van der Waals surface area contributed by atoms with Crippen molar-refractivity contribution in [1.82, 2.24) is 0 Å². The summed E-state index contributed by atoms with van der Waals surface area (Å²) in [5.41, 5.74) is 6.17. The Balaban J connectivity index is 2.69. The molecule has 4 nitrogen and oxygen atoms in total. The van der Waals surface area contributed by atoms with E-state index < -0.39 is 0 Å². The molecule has 0 spiro atoms. The summed E-state index contributed by atoms with van der Waals surface area (Å²) in [6.07, 6.45) is 2.22. The highest BCUT2D eigenvalue weighted by Crippen LogP contribution is 2.29. The van der Waals surface area contributed by atoms with Gasteiger partial charge in [-0.25, -0.2) is 0 Å². The molecular weight excluding hydrogens is 206 g/mol. The van der Waals surface area contributed by atoms with Gasteiger partial charge in [0.2, 0.25) is 0 Å². The predicted molar refractivity (Wildman–Crippen MR) is 62.6 cm³/mol. The molecule has 0 unspecified atom stereocenters. The van der Waals surface area contributed by atoms with Crippen LogP contribution in [0.15, 0.2) is 18.2 Å². The molecule has 0 heterocycles. The van der Waals surface area contributed by atoms with Crippen LogP contribution in [0.5, 0.6) is 11.5 Å². The lowest BCUT2D eigenvalue weighted by Gasteiger charge is -2.09. The number of anilines is 1. The second-order valence-corrected chi connectivity index (χ2v) is 3.49. The minimum atomic E-state index is -0.245. The second-order valence-electron chi connectivity index (χ2n) is 3.49. The van der Waals surface area contributed by atoms with Crippen LogP contribution >= 0.6 is 0 Å². The number of hydrogen-bond acceptors (Lipinski definition) is 4. The number of hydrogen-bond donors (Lipinski definition) is 1. The number of carbonyl (C=O) groups is 1. The van der Waals surface area contributed by atoms with Crippen molar-refractivity contribution >= 4 is 11.7 Å². The molecule has 1 rings (SSSR count). The van der Waals surface area contributed by atoms with Gasteiger partial charge in [0.25, 0.3) is 0 Å². The monoisotopic (exact) mass is 223 g/mol. The Morgan fingerprint density at radius 3 is 2.75 bits per heavy atom. The van der Waals surface area contributed by atoms with E-state index in [0.29, 0.717) is 23.6 Å². The maximum Gasteiger partial charge on any atom is 0.311 e. The topological polar surface area (TPSA) is 61.5 Å². The molecule has 0 aliphatic rings. The molecule has 0 fully saturated rings. The van der Waals surface area contributed by atoms with Crippen LogP contribution in [0.2, 0.25) is 0 Å². The number of nitrogen functional groups attached to an aromatic ring is 1. The standard InChI is InChI=1S/C12H17NO3/c1-3-4-5-12(14)16-10-7-6-9(13)8-11(10)15-2/h6-8H,3-5,13H2,1-2H3. The van der Waals surface area contributed by atoms with Crippen molar-refractivity contribution in [3.63, 3.8) is 0 Å². The number of carbonyl (C=O) groups excluding carboxylic acids is 1. The van der Waals surface area contributed by atoms with Crippen molar-refractivity contribution in [1.29, 1.82) is 0 Å². The fourth-order valence-corrected chi connectivity index (χ4v) is 1.26. The highest BCUT2D eigenvalue weighted by atomic mass is 16.6. The van der Waals surface area contributed by atoms with Gasteiger partial charge in [-0.05, 0) is 18.6 Å². The molecule has 4 heteroatoms. The van der Waals surface area contributed by atoms with Crippen molar-refractivity contribution in [3.8, 4) is 11.5 Å². The van der Waals surface area contributed by atoms with Crippen molar-refractivity contribution in [2.24, 2.45) is 0 Å². The van der Waals surface area contributed by atoms with Crippen LogP contribution in [-0.4, -0.2) is 13.1 Å². The zero-order valence-electron chi connectivity index (χ0n) is 9.66. The summed E-state index contributed by atoms with van der Waals surface area (Å²) in [7, 11) is 1.51. The SMILES string of the molecule is CCCCC(=O)Oc1ccc(N)cc1OC. The first-order valence-corrected chi connectivity index (χ1v) is 5.31. The number of ether oxygens (including phenoxy) is 2. The van der Waals surface area contributed by atoms with Crippen LogP contribution in [0.25, 0.3) is 0 Å². The molecule has 2 N–H and O–H groups in total. The van der Waals surface area contributed by atoms with Crippen LogP contribution in [0.4, 0.5) is 5.69 Å². The Morgan fingerprint density at radius 1 is 1.38 bits per heavy atom. The summed E-state index contributed by atoms with van der Waals surface area (Å²) in [6.45, 7) is 2.02. The normalized spacial score (nSPS) is 9.88. The summed E-state index contributed by atoms with van der Waals surface area (Å²) in [6, 6.07) is 4.94. The number of benzene rings is 1. The quantitative estimate of drug-likeness (QED) is 0.473. The molecule has 0 radical (unpaired) electrons. The molecule has 0 saturated heterocycles. The van der Waals surface area contributed by atoms with Crippen molar-refractivity contribution < 1.29 is 14.3 Å². The van der Waals surface area contributed by atoms with Crippen molar-refractivity contribution in [3.05, 3.63) is 18.2 Å². The zero-order valence-corrected chi connectivity index (χ0v) is 9.66. The van der Waals surface area contributed by atoms with E-state index in [1.807, 2.05) is 6.92 Å². The molecule has 0 aliphatic carbocycles. The van der Waals surface area contributed by atoms with Crippen LogP contribution in [-0.2, 0) is 4.79 Å². The lowest BCUT2D eigenvalue weighted by molar-refractivity contribution is -0.134. The average Bonchev–Trinajstić information content (AvgIpc) is 2.28. The first-order valence-electron chi connectivity index (χ1n) is 5.31. The van der Waals surface area contributed by atoms with E-state index in [9.17, 15) is 4.79 Å². The Labute approximate surface area is 95.3 Å². The van der Waals surface area contributed by atoms with Gasteiger partial charge in [0, 0.05) is 18.2 Å². The fourth-order valence-electron chi connectivity index (χ4n) is 1.26. The smallest absolute Gasteiger partial charge is 0.311 e. The summed E-state index contributed by atoms with van der Waals surface area (Å²) in [4.78, 5) is 11.4. The van der Waals surface area contributed by atoms with Crippen LogP contribution in [0.3, 0.4) is 0 Å². The van der Waals surface area contributed by atoms with E-state index in [2.05, 4.69) is 0 Å². The van der Waals surface area contributed by atoms with Crippen LogP contribution < -0.4 is 15.2 Å². The molecule has 16 heavy (non-hydrogen) atoms. The van der Waals surface area contributed by atoms with Gasteiger partial charge < -0.3 is 15.2 Å². The third kappa shape index (κ3) is 3.46. The molecular formula is C12H17NO3. The number of rotatable bonds is 5. The largest absolute Gasteiger partial charge is 0.493 e. The van der Waals surface area contributed by atoms with Gasteiger partial charge in [0.05, 0.1) is 7.11 Å². The van der Waals surface area contributed by atoms with E-state index in [0.717, 1.165) is 12.8 Å². The predicted octanol–water partition coefficient (Wildman–Crippen LogP) is 2.37. The Kier molecular flexibility index (Phi) is 4.64. The minimum Gasteiger partial charge on any atom is -0.493 e. The van der Waals surface area contributed by atoms with Crippen molar-refractivity contribution in [2.45, 2.75) is 26.2 Å². The lowest BCUT2D eigenvalue weighted by Crippen LogP contribution is -2.08. The number of esters is 1. The van der Waals surface area contributed by atoms with Gasteiger partial charge >= 0.3 is 5.97 Å². The highest BCUT2D eigenvalue weighted by molar-refractivity contribution is 5.73. The van der Waals surface area contributed by atoms with Gasteiger partial charge in [-0.15, -0.1) is 0 Å². The second kappa shape index (κ2) is 6.00. The molecule has 0 aliphatic heterocycles. The lowest BCUT2D eigenvalue weighted by atomic mass is 10.2. The average molecular weight is 223 g/mol. The van der Waals surface area contributed by atoms with Gasteiger partial charge in [-0.3, -0.25) is 4.79 Å². The molecule has 0 saturated carbocycles. The summed E-state index contributed by atoms with van der Waals surface area (Å²) < 4.78 is 10.2. The first kappa shape index (κ1) is 12.4. The molecule has 88 valence electrons. The molecule has 1 aromatic carbocycles. The molecule has 0 aromatic heterocycles. The third-order valence-electron chi connectivity index (χ3n) is 2.15.